The first-order chi connectivity index (χ1) is 10.3. The molecule has 0 atom stereocenters. The molecule has 2 aliphatic rings. The highest BCUT2D eigenvalue weighted by Gasteiger charge is 2.53. The van der Waals surface area contributed by atoms with Crippen molar-refractivity contribution in [3.05, 3.63) is 23.8 Å². The summed E-state index contributed by atoms with van der Waals surface area (Å²) < 4.78 is 10.8. The molecule has 1 aromatic rings. The second-order valence-electron chi connectivity index (χ2n) is 7.12. The molecule has 1 N–H and O–H groups in total. The first kappa shape index (κ1) is 18.2. The van der Waals surface area contributed by atoms with Gasteiger partial charge in [-0.25, -0.2) is 0 Å². The number of guanidine groups is 1. The van der Waals surface area contributed by atoms with Crippen molar-refractivity contribution < 1.29 is 9.47 Å². The van der Waals surface area contributed by atoms with E-state index < -0.39 is 0 Å². The van der Waals surface area contributed by atoms with Crippen LogP contribution in [0.5, 0.6) is 11.5 Å². The SMILES string of the molecule is CN=C(NCc1ccc2c(c1)OCO2)N1CC(C)(C)C1(C)C.I. The zero-order valence-electron chi connectivity index (χ0n) is 14.5. The van der Waals surface area contributed by atoms with E-state index in [1.165, 1.54) is 0 Å². The lowest BCUT2D eigenvalue weighted by Crippen LogP contribution is -2.72. The fraction of sp³-hybridized carbons (Fsp3) is 0.588. The van der Waals surface area contributed by atoms with Crippen LogP contribution in [-0.2, 0) is 6.54 Å². The number of ether oxygens (including phenoxy) is 2. The van der Waals surface area contributed by atoms with Gasteiger partial charge in [-0.1, -0.05) is 19.9 Å². The Kier molecular flexibility index (Phi) is 5.03. The number of rotatable bonds is 2. The normalized spacial score (nSPS) is 20.6. The van der Waals surface area contributed by atoms with E-state index >= 15 is 0 Å². The van der Waals surface area contributed by atoms with Crippen LogP contribution in [0.15, 0.2) is 23.2 Å². The fourth-order valence-corrected chi connectivity index (χ4v) is 2.93. The molecule has 23 heavy (non-hydrogen) atoms. The Morgan fingerprint density at radius 1 is 1.22 bits per heavy atom. The average molecular weight is 431 g/mol. The van der Waals surface area contributed by atoms with Crippen LogP contribution in [0.1, 0.15) is 33.3 Å². The first-order valence-corrected chi connectivity index (χ1v) is 7.72. The van der Waals surface area contributed by atoms with Crippen molar-refractivity contribution in [3.63, 3.8) is 0 Å². The lowest BCUT2D eigenvalue weighted by molar-refractivity contribution is -0.0667. The summed E-state index contributed by atoms with van der Waals surface area (Å²) in [4.78, 5) is 6.77. The number of fused-ring (bicyclic) bond motifs is 1. The van der Waals surface area contributed by atoms with Crippen LogP contribution in [0.3, 0.4) is 0 Å². The second-order valence-corrected chi connectivity index (χ2v) is 7.12. The summed E-state index contributed by atoms with van der Waals surface area (Å²) in [7, 11) is 1.84. The largest absolute Gasteiger partial charge is 0.454 e. The molecule has 0 saturated carbocycles. The van der Waals surface area contributed by atoms with Gasteiger partial charge in [0.15, 0.2) is 17.5 Å². The standard InChI is InChI=1S/C17H25N3O2.HI/c1-16(2)10-20(17(16,3)4)15(18-5)19-9-12-6-7-13-14(8-12)22-11-21-13;/h6-8H,9-11H2,1-5H3,(H,18,19);1H. The minimum Gasteiger partial charge on any atom is -0.454 e. The molecule has 5 nitrogen and oxygen atoms in total. The number of halogens is 1. The fourth-order valence-electron chi connectivity index (χ4n) is 2.93. The van der Waals surface area contributed by atoms with Gasteiger partial charge >= 0.3 is 0 Å². The molecule has 1 saturated heterocycles. The predicted octanol–water partition coefficient (Wildman–Crippen LogP) is 3.23. The molecule has 1 fully saturated rings. The van der Waals surface area contributed by atoms with Crippen LogP contribution in [0.4, 0.5) is 0 Å². The van der Waals surface area contributed by atoms with Crippen molar-refractivity contribution in [1.29, 1.82) is 0 Å². The van der Waals surface area contributed by atoms with Gasteiger partial charge in [0.2, 0.25) is 6.79 Å². The molecule has 6 heteroatoms. The zero-order chi connectivity index (χ0) is 16.0. The molecule has 0 bridgehead atoms. The van der Waals surface area contributed by atoms with E-state index in [0.29, 0.717) is 12.2 Å². The van der Waals surface area contributed by atoms with Crippen LogP contribution in [0, 0.1) is 5.41 Å². The quantitative estimate of drug-likeness (QED) is 0.444. The molecule has 0 aliphatic carbocycles. The molecule has 0 aromatic heterocycles. The Labute approximate surface area is 155 Å². The van der Waals surface area contributed by atoms with Crippen molar-refractivity contribution in [2.75, 3.05) is 20.4 Å². The minimum atomic E-state index is 0. The highest BCUT2D eigenvalue weighted by atomic mass is 127. The number of nitrogens with zero attached hydrogens (tertiary/aromatic N) is 2. The Morgan fingerprint density at radius 3 is 2.52 bits per heavy atom. The highest BCUT2D eigenvalue weighted by Crippen LogP contribution is 2.46. The van der Waals surface area contributed by atoms with Gasteiger partial charge in [0.25, 0.3) is 0 Å². The molecule has 3 rings (SSSR count). The van der Waals surface area contributed by atoms with E-state index in [1.807, 2.05) is 19.2 Å². The molecule has 1 aromatic carbocycles. The number of aliphatic imine (C=N–C) groups is 1. The van der Waals surface area contributed by atoms with Crippen LogP contribution in [-0.4, -0.2) is 36.8 Å². The summed E-state index contributed by atoms with van der Waals surface area (Å²) >= 11 is 0. The summed E-state index contributed by atoms with van der Waals surface area (Å²) in [6, 6.07) is 6.03. The summed E-state index contributed by atoms with van der Waals surface area (Å²) in [5, 5.41) is 3.45. The van der Waals surface area contributed by atoms with Gasteiger partial charge in [-0.2, -0.15) is 0 Å². The molecule has 128 valence electrons. The van der Waals surface area contributed by atoms with Crippen molar-refractivity contribution in [2.24, 2.45) is 10.4 Å². The molecule has 2 aliphatic heterocycles. The molecule has 0 spiro atoms. The predicted molar refractivity (Wildman–Crippen MR) is 103 cm³/mol. The minimum absolute atomic E-state index is 0. The second kappa shape index (κ2) is 6.37. The Morgan fingerprint density at radius 2 is 1.91 bits per heavy atom. The van der Waals surface area contributed by atoms with Crippen LogP contribution < -0.4 is 14.8 Å². The Bertz CT molecular complexity index is 614. The molecule has 0 amide bonds. The highest BCUT2D eigenvalue weighted by molar-refractivity contribution is 14.0. The smallest absolute Gasteiger partial charge is 0.231 e. The maximum Gasteiger partial charge on any atom is 0.231 e. The third-order valence-corrected chi connectivity index (χ3v) is 5.24. The first-order valence-electron chi connectivity index (χ1n) is 7.72. The van der Waals surface area contributed by atoms with Gasteiger partial charge in [-0.05, 0) is 31.5 Å². The van der Waals surface area contributed by atoms with E-state index in [9.17, 15) is 0 Å². The Balaban J connectivity index is 0.00000192. The van der Waals surface area contributed by atoms with Gasteiger partial charge < -0.3 is 19.7 Å². The third kappa shape index (κ3) is 3.09. The molecule has 0 radical (unpaired) electrons. The van der Waals surface area contributed by atoms with E-state index in [1.54, 1.807) is 0 Å². The maximum atomic E-state index is 5.42. The number of benzene rings is 1. The van der Waals surface area contributed by atoms with Crippen molar-refractivity contribution in [2.45, 2.75) is 39.8 Å². The molecular weight excluding hydrogens is 405 g/mol. The van der Waals surface area contributed by atoms with E-state index in [4.69, 9.17) is 9.47 Å². The summed E-state index contributed by atoms with van der Waals surface area (Å²) in [6.07, 6.45) is 0. The molecular formula is C17H26IN3O2. The van der Waals surface area contributed by atoms with Crippen molar-refractivity contribution in [3.8, 4) is 11.5 Å². The average Bonchev–Trinajstić information content (AvgIpc) is 2.94. The molecule has 2 heterocycles. The zero-order valence-corrected chi connectivity index (χ0v) is 16.8. The van der Waals surface area contributed by atoms with Gasteiger partial charge in [-0.15, -0.1) is 24.0 Å². The monoisotopic (exact) mass is 431 g/mol. The van der Waals surface area contributed by atoms with Gasteiger partial charge in [0, 0.05) is 31.1 Å². The van der Waals surface area contributed by atoms with Crippen LogP contribution >= 0.6 is 24.0 Å². The maximum absolute atomic E-state index is 5.42. The summed E-state index contributed by atoms with van der Waals surface area (Å²) in [5.41, 5.74) is 1.55. The summed E-state index contributed by atoms with van der Waals surface area (Å²) in [5.74, 6) is 2.58. The number of likely N-dealkylation sites (tertiary alicyclic amines) is 1. The lowest BCUT2D eigenvalue weighted by Gasteiger charge is -2.62. The van der Waals surface area contributed by atoms with E-state index in [-0.39, 0.29) is 29.5 Å². The van der Waals surface area contributed by atoms with Crippen molar-refractivity contribution in [1.82, 2.24) is 10.2 Å². The van der Waals surface area contributed by atoms with Gasteiger partial charge in [0.1, 0.15) is 0 Å². The number of hydrogen-bond donors (Lipinski definition) is 1. The number of hydrogen-bond acceptors (Lipinski definition) is 3. The van der Waals surface area contributed by atoms with Crippen LogP contribution in [0.25, 0.3) is 0 Å². The number of nitrogens with one attached hydrogen (secondary N) is 1. The topological polar surface area (TPSA) is 46.1 Å². The van der Waals surface area contributed by atoms with E-state index in [2.05, 4.69) is 49.0 Å². The Hall–Kier alpha value is -1.18. The van der Waals surface area contributed by atoms with E-state index in [0.717, 1.165) is 36.1 Å². The third-order valence-electron chi connectivity index (χ3n) is 5.24. The van der Waals surface area contributed by atoms with Crippen LogP contribution in [0.2, 0.25) is 0 Å². The summed E-state index contributed by atoms with van der Waals surface area (Å²) in [6.45, 7) is 11.2. The van der Waals surface area contributed by atoms with Crippen molar-refractivity contribution >= 4 is 29.9 Å². The molecule has 0 unspecified atom stereocenters. The van der Waals surface area contributed by atoms with Gasteiger partial charge in [-0.3, -0.25) is 4.99 Å². The van der Waals surface area contributed by atoms with Gasteiger partial charge in [0.05, 0.1) is 0 Å². The lowest BCUT2D eigenvalue weighted by atomic mass is 9.65.